The lowest BCUT2D eigenvalue weighted by Crippen LogP contribution is -2.50. The number of hydrogen-bond donors (Lipinski definition) is 2. The number of hydrogen-bond acceptors (Lipinski definition) is 7. The number of fused-ring (bicyclic) bond motifs is 2. The molecule has 9 nitrogen and oxygen atoms in total. The van der Waals surface area contributed by atoms with E-state index in [0.29, 0.717) is 15.9 Å². The van der Waals surface area contributed by atoms with E-state index in [1.165, 1.54) is 38.3 Å². The van der Waals surface area contributed by atoms with Crippen LogP contribution in [0.15, 0.2) is 40.9 Å². The SMILES string of the molecule is CNC1(C)Cc2cc(Cl)c(-c3scc4c(=O)n(CC5(O)CCN(C(=O)CC(C(F)F)n6ccc(F)n6)CC5)cnc34)cc2C1. The molecule has 4 heterocycles. The van der Waals surface area contributed by atoms with Crippen molar-refractivity contribution in [1.29, 1.82) is 0 Å². The van der Waals surface area contributed by atoms with Gasteiger partial charge in [-0.05, 0) is 62.9 Å². The van der Waals surface area contributed by atoms with Crippen LogP contribution >= 0.6 is 22.9 Å². The summed E-state index contributed by atoms with van der Waals surface area (Å²) in [4.78, 5) is 33.1. The molecular formula is C30H32ClF3N6O3S. The summed E-state index contributed by atoms with van der Waals surface area (Å²) in [6, 6.07) is 3.44. The number of carbonyl (C=O) groups excluding carboxylic acids is 1. The van der Waals surface area contributed by atoms with Gasteiger partial charge in [0.05, 0.1) is 40.7 Å². The van der Waals surface area contributed by atoms with Gasteiger partial charge in [0.2, 0.25) is 11.9 Å². The van der Waals surface area contributed by atoms with Gasteiger partial charge >= 0.3 is 0 Å². The molecule has 1 aliphatic heterocycles. The molecule has 234 valence electrons. The molecule has 14 heteroatoms. The molecule has 4 aromatic rings. The Labute approximate surface area is 260 Å². The average molecular weight is 649 g/mol. The largest absolute Gasteiger partial charge is 0.388 e. The van der Waals surface area contributed by atoms with E-state index in [1.807, 2.05) is 13.1 Å². The summed E-state index contributed by atoms with van der Waals surface area (Å²) in [6.45, 7) is 2.39. The number of likely N-dealkylation sites (tertiary alicyclic amines) is 1. The summed E-state index contributed by atoms with van der Waals surface area (Å²) < 4.78 is 42.6. The van der Waals surface area contributed by atoms with Crippen LogP contribution in [-0.4, -0.2) is 72.9 Å². The molecule has 2 aliphatic rings. The van der Waals surface area contributed by atoms with Crippen molar-refractivity contribution in [3.8, 4) is 10.4 Å². The number of carbonyl (C=O) groups is 1. The van der Waals surface area contributed by atoms with Crippen LogP contribution in [0.3, 0.4) is 0 Å². The quantitative estimate of drug-likeness (QED) is 0.293. The van der Waals surface area contributed by atoms with E-state index >= 15 is 0 Å². The van der Waals surface area contributed by atoms with Crippen molar-refractivity contribution in [3.63, 3.8) is 0 Å². The number of benzene rings is 1. The zero-order valence-electron chi connectivity index (χ0n) is 24.2. The fraction of sp³-hybridized carbons (Fsp3) is 0.467. The molecule has 0 spiro atoms. The first-order valence-corrected chi connectivity index (χ1v) is 15.6. The predicted molar refractivity (Wildman–Crippen MR) is 162 cm³/mol. The van der Waals surface area contributed by atoms with Crippen molar-refractivity contribution in [2.24, 2.45) is 0 Å². The Morgan fingerprint density at radius 3 is 2.57 bits per heavy atom. The number of amides is 1. The molecule has 0 bridgehead atoms. The van der Waals surface area contributed by atoms with E-state index in [9.17, 15) is 27.9 Å². The Morgan fingerprint density at radius 2 is 1.93 bits per heavy atom. The zero-order valence-corrected chi connectivity index (χ0v) is 25.8. The first-order chi connectivity index (χ1) is 20.9. The highest BCUT2D eigenvalue weighted by Gasteiger charge is 2.37. The highest BCUT2D eigenvalue weighted by atomic mass is 35.5. The second-order valence-electron chi connectivity index (χ2n) is 12.1. The summed E-state index contributed by atoms with van der Waals surface area (Å²) in [7, 11) is 1.95. The fourth-order valence-corrected chi connectivity index (χ4v) is 7.62. The molecule has 1 aromatic carbocycles. The van der Waals surface area contributed by atoms with Crippen LogP contribution in [0, 0.1) is 5.95 Å². The Bertz CT molecular complexity index is 1780. The highest BCUT2D eigenvalue weighted by molar-refractivity contribution is 7.15. The number of rotatable bonds is 8. The highest BCUT2D eigenvalue weighted by Crippen LogP contribution is 2.41. The number of aromatic nitrogens is 4. The first kappa shape index (κ1) is 30.8. The Kier molecular flexibility index (Phi) is 8.10. The zero-order chi connectivity index (χ0) is 31.4. The van der Waals surface area contributed by atoms with E-state index in [4.69, 9.17) is 11.6 Å². The van der Waals surface area contributed by atoms with Gasteiger partial charge < -0.3 is 15.3 Å². The molecule has 44 heavy (non-hydrogen) atoms. The third-order valence-corrected chi connectivity index (χ3v) is 10.3. The summed E-state index contributed by atoms with van der Waals surface area (Å²) in [5.41, 5.74) is 2.16. The Balaban J connectivity index is 1.15. The smallest absolute Gasteiger partial charge is 0.262 e. The normalized spacial score (nSPS) is 20.4. The van der Waals surface area contributed by atoms with E-state index in [1.54, 1.807) is 5.38 Å². The molecule has 2 unspecified atom stereocenters. The van der Waals surface area contributed by atoms with Gasteiger partial charge in [0, 0.05) is 46.9 Å². The number of thiophene rings is 1. The van der Waals surface area contributed by atoms with Crippen molar-refractivity contribution in [2.45, 2.75) is 69.2 Å². The van der Waals surface area contributed by atoms with Gasteiger partial charge in [-0.15, -0.1) is 16.4 Å². The fourth-order valence-electron chi connectivity index (χ4n) is 6.27. The maximum absolute atomic E-state index is 13.6. The number of likely N-dealkylation sites (N-methyl/N-ethyl adjacent to an activating group) is 1. The van der Waals surface area contributed by atoms with Crippen molar-refractivity contribution in [3.05, 3.63) is 68.6 Å². The number of halogens is 4. The third kappa shape index (κ3) is 5.78. The van der Waals surface area contributed by atoms with Crippen molar-refractivity contribution in [1.82, 2.24) is 29.5 Å². The van der Waals surface area contributed by atoms with Gasteiger partial charge in [-0.3, -0.25) is 18.8 Å². The van der Waals surface area contributed by atoms with E-state index in [-0.39, 0.29) is 43.6 Å². The predicted octanol–water partition coefficient (Wildman–Crippen LogP) is 4.44. The number of nitrogens with zero attached hydrogens (tertiary/aromatic N) is 5. The van der Waals surface area contributed by atoms with Crippen molar-refractivity contribution in [2.75, 3.05) is 20.1 Å². The van der Waals surface area contributed by atoms with E-state index in [0.717, 1.165) is 40.2 Å². The number of piperidine rings is 1. The van der Waals surface area contributed by atoms with Crippen LogP contribution in [0.4, 0.5) is 13.2 Å². The lowest BCUT2D eigenvalue weighted by molar-refractivity contribution is -0.138. The average Bonchev–Trinajstić information content (AvgIpc) is 3.69. The van der Waals surface area contributed by atoms with Gasteiger partial charge in [0.1, 0.15) is 6.04 Å². The molecule has 0 radical (unpaired) electrons. The van der Waals surface area contributed by atoms with Crippen LogP contribution in [0.2, 0.25) is 5.02 Å². The molecule has 1 aliphatic carbocycles. The number of alkyl halides is 2. The van der Waals surface area contributed by atoms with Crippen molar-refractivity contribution >= 4 is 39.7 Å². The van der Waals surface area contributed by atoms with Gasteiger partial charge in [0.25, 0.3) is 12.0 Å². The maximum atomic E-state index is 13.6. The van der Waals surface area contributed by atoms with Gasteiger partial charge in [-0.2, -0.15) is 4.39 Å². The van der Waals surface area contributed by atoms with Gasteiger partial charge in [-0.1, -0.05) is 11.6 Å². The number of nitrogens with one attached hydrogen (secondary N) is 1. The van der Waals surface area contributed by atoms with Crippen LogP contribution < -0.4 is 10.9 Å². The van der Waals surface area contributed by atoms with Crippen LogP contribution in [0.25, 0.3) is 21.3 Å². The molecule has 0 saturated carbocycles. The Hall–Kier alpha value is -3.26. The Morgan fingerprint density at radius 1 is 1.23 bits per heavy atom. The topological polar surface area (TPSA) is 105 Å². The summed E-state index contributed by atoms with van der Waals surface area (Å²) in [5, 5.41) is 20.9. The monoisotopic (exact) mass is 648 g/mol. The minimum atomic E-state index is -2.92. The summed E-state index contributed by atoms with van der Waals surface area (Å²) in [5.74, 6) is -1.45. The number of aliphatic hydroxyl groups is 1. The summed E-state index contributed by atoms with van der Waals surface area (Å²) in [6.07, 6.45) is 1.06. The van der Waals surface area contributed by atoms with Crippen LogP contribution in [0.1, 0.15) is 43.4 Å². The second kappa shape index (κ2) is 11.6. The molecule has 2 atom stereocenters. The van der Waals surface area contributed by atoms with Crippen molar-refractivity contribution < 1.29 is 23.1 Å². The van der Waals surface area contributed by atoms with Gasteiger partial charge in [-0.25, -0.2) is 13.8 Å². The van der Waals surface area contributed by atoms with Gasteiger partial charge in [0.15, 0.2) is 0 Å². The molecule has 1 saturated heterocycles. The lowest BCUT2D eigenvalue weighted by Gasteiger charge is -2.38. The third-order valence-electron chi connectivity index (χ3n) is 8.98. The first-order valence-electron chi connectivity index (χ1n) is 14.3. The molecular weight excluding hydrogens is 617 g/mol. The minimum Gasteiger partial charge on any atom is -0.388 e. The maximum Gasteiger partial charge on any atom is 0.262 e. The molecule has 3 aromatic heterocycles. The second-order valence-corrected chi connectivity index (χ2v) is 13.4. The molecule has 1 amide bonds. The van der Waals surface area contributed by atoms with E-state index in [2.05, 4.69) is 28.4 Å². The lowest BCUT2D eigenvalue weighted by atomic mass is 9.91. The standard InChI is InChI=1S/C30H32ClF3N6O3S/c1-29(35-2)12-17-9-19(21(31)10-18(17)13-29)26-25-20(14-44-26)28(42)39(16-36-25)15-30(43)4-7-38(8-5-30)24(41)11-22(27(33)34)40-6-3-23(32)37-40/h3,6,9-10,14,16,22,27,35,43H,4-5,7-8,11-13,15H2,1-2H3. The minimum absolute atomic E-state index is 0.0313. The summed E-state index contributed by atoms with van der Waals surface area (Å²) >= 11 is 8.12. The molecule has 6 rings (SSSR count). The van der Waals surface area contributed by atoms with E-state index < -0.39 is 36.3 Å². The molecule has 1 fully saturated rings. The molecule has 2 N–H and O–H groups in total. The van der Waals surface area contributed by atoms with Crippen LogP contribution in [0.5, 0.6) is 0 Å². The van der Waals surface area contributed by atoms with Crippen LogP contribution in [-0.2, 0) is 24.2 Å².